The second-order valence-electron chi connectivity index (χ2n) is 4.33. The maximum absolute atomic E-state index is 9.76. The van der Waals surface area contributed by atoms with Crippen molar-refractivity contribution in [3.8, 4) is 0 Å². The van der Waals surface area contributed by atoms with E-state index < -0.39 is 6.09 Å². The molecule has 0 aromatic carbocycles. The van der Waals surface area contributed by atoms with Gasteiger partial charge >= 0.3 is 6.09 Å². The number of hydrogen-bond acceptors (Lipinski definition) is 1. The Kier molecular flexibility index (Phi) is 9.33. The number of amides is 1. The van der Waals surface area contributed by atoms with Crippen LogP contribution in [0.5, 0.6) is 0 Å². The molecule has 3 heteroatoms. The molecular formula is C12H25NO2. The van der Waals surface area contributed by atoms with Gasteiger partial charge in [0.05, 0.1) is 0 Å². The van der Waals surface area contributed by atoms with Crippen LogP contribution in [0.1, 0.15) is 58.8 Å². The Hall–Kier alpha value is -0.730. The molecule has 3 nitrogen and oxygen atoms in total. The van der Waals surface area contributed by atoms with E-state index in [0.717, 1.165) is 18.8 Å². The van der Waals surface area contributed by atoms with Crippen molar-refractivity contribution in [2.45, 2.75) is 58.8 Å². The third-order valence-corrected chi connectivity index (χ3v) is 2.70. The molecule has 0 spiro atoms. The number of nitrogens with one attached hydrogen (secondary N) is 1. The van der Waals surface area contributed by atoms with Gasteiger partial charge in [-0.2, -0.15) is 0 Å². The van der Waals surface area contributed by atoms with Gasteiger partial charge in [-0.15, -0.1) is 0 Å². The summed E-state index contributed by atoms with van der Waals surface area (Å²) in [7, 11) is 0. The van der Waals surface area contributed by atoms with E-state index in [2.05, 4.69) is 12.2 Å². The molecule has 0 saturated heterocycles. The zero-order valence-electron chi connectivity index (χ0n) is 10.1. The van der Waals surface area contributed by atoms with Crippen molar-refractivity contribution in [2.24, 2.45) is 5.92 Å². The largest absolute Gasteiger partial charge is 0.465 e. The lowest BCUT2D eigenvalue weighted by Gasteiger charge is -2.15. The minimum absolute atomic E-state index is 0.575. The topological polar surface area (TPSA) is 49.3 Å². The summed E-state index contributed by atoms with van der Waals surface area (Å²) in [5, 5.41) is 10.3. The molecule has 0 aliphatic heterocycles. The molecule has 2 N–H and O–H groups in total. The minimum atomic E-state index is -0.932. The van der Waals surface area contributed by atoms with Crippen LogP contribution >= 0.6 is 0 Å². The lowest BCUT2D eigenvalue weighted by Crippen LogP contribution is -2.21. The predicted octanol–water partition coefficient (Wildman–Crippen LogP) is 3.64. The molecule has 90 valence electrons. The van der Waals surface area contributed by atoms with Crippen LogP contribution in [-0.2, 0) is 0 Å². The van der Waals surface area contributed by atoms with Crippen LogP contribution in [0.4, 0.5) is 4.79 Å². The van der Waals surface area contributed by atoms with Gasteiger partial charge in [-0.25, -0.2) is 4.79 Å². The van der Waals surface area contributed by atoms with E-state index in [1.165, 1.54) is 32.1 Å². The van der Waals surface area contributed by atoms with Crippen molar-refractivity contribution in [1.29, 1.82) is 0 Å². The second-order valence-corrected chi connectivity index (χ2v) is 4.33. The van der Waals surface area contributed by atoms with Crippen LogP contribution in [0.15, 0.2) is 0 Å². The van der Waals surface area contributed by atoms with E-state index in [1.807, 2.05) is 6.92 Å². The van der Waals surface area contributed by atoms with Crippen LogP contribution in [0.2, 0.25) is 0 Å². The van der Waals surface area contributed by atoms with Crippen LogP contribution in [0.25, 0.3) is 0 Å². The smallest absolute Gasteiger partial charge is 0.404 e. The van der Waals surface area contributed by atoms with Crippen molar-refractivity contribution >= 4 is 6.09 Å². The Labute approximate surface area is 93.3 Å². The van der Waals surface area contributed by atoms with Crippen molar-refractivity contribution < 1.29 is 9.90 Å². The van der Waals surface area contributed by atoms with Crippen LogP contribution in [0.3, 0.4) is 0 Å². The van der Waals surface area contributed by atoms with E-state index in [9.17, 15) is 4.79 Å². The molecule has 0 heterocycles. The Balaban J connectivity index is 0.000000262. The molecule has 1 aliphatic carbocycles. The summed E-state index contributed by atoms with van der Waals surface area (Å²) in [5.74, 6) is 1.04. The van der Waals surface area contributed by atoms with Crippen molar-refractivity contribution in [3.05, 3.63) is 0 Å². The zero-order chi connectivity index (χ0) is 11.5. The summed E-state index contributed by atoms with van der Waals surface area (Å²) in [5.41, 5.74) is 0. The van der Waals surface area contributed by atoms with Gasteiger partial charge in [0.25, 0.3) is 0 Å². The zero-order valence-corrected chi connectivity index (χ0v) is 10.1. The quantitative estimate of drug-likeness (QED) is 0.706. The Bertz CT molecular complexity index is 154. The van der Waals surface area contributed by atoms with Gasteiger partial charge in [0.2, 0.25) is 0 Å². The Morgan fingerprint density at radius 1 is 1.33 bits per heavy atom. The first-order valence-electron chi connectivity index (χ1n) is 6.13. The number of hydrogen-bond donors (Lipinski definition) is 2. The predicted molar refractivity (Wildman–Crippen MR) is 63.2 cm³/mol. The molecule has 0 aromatic rings. The molecule has 1 fully saturated rings. The van der Waals surface area contributed by atoms with Gasteiger partial charge in [-0.1, -0.05) is 52.4 Å². The summed E-state index contributed by atoms with van der Waals surface area (Å²) in [6.07, 6.45) is 8.46. The minimum Gasteiger partial charge on any atom is -0.465 e. The molecule has 0 unspecified atom stereocenters. The molecule has 0 atom stereocenters. The van der Waals surface area contributed by atoms with Gasteiger partial charge in [0, 0.05) is 6.54 Å². The third kappa shape index (κ3) is 11.2. The van der Waals surface area contributed by atoms with Crippen molar-refractivity contribution in [3.63, 3.8) is 0 Å². The van der Waals surface area contributed by atoms with Gasteiger partial charge in [-0.3, -0.25) is 0 Å². The van der Waals surface area contributed by atoms with E-state index >= 15 is 0 Å². The van der Waals surface area contributed by atoms with Crippen LogP contribution in [0, 0.1) is 5.92 Å². The fourth-order valence-electron chi connectivity index (χ4n) is 1.68. The van der Waals surface area contributed by atoms with Crippen molar-refractivity contribution in [2.75, 3.05) is 6.54 Å². The lowest BCUT2D eigenvalue weighted by molar-refractivity contribution is 0.194. The highest BCUT2D eigenvalue weighted by atomic mass is 16.4. The van der Waals surface area contributed by atoms with E-state index in [0.29, 0.717) is 6.54 Å². The first-order valence-corrected chi connectivity index (χ1v) is 6.13. The number of carbonyl (C=O) groups is 1. The molecule has 0 radical (unpaired) electrons. The van der Waals surface area contributed by atoms with Gasteiger partial charge < -0.3 is 10.4 Å². The standard InChI is InChI=1S/C7H14.C5H11NO2/c1-7-5-3-2-4-6-7;1-2-3-4-6-5(7)8/h7H,2-6H2,1H3;6H,2-4H2,1H3,(H,7,8). The summed E-state index contributed by atoms with van der Waals surface area (Å²) in [6.45, 7) is 4.95. The second kappa shape index (κ2) is 9.81. The number of unbranched alkanes of at least 4 members (excludes halogenated alkanes) is 1. The molecule has 1 rings (SSSR count). The highest BCUT2D eigenvalue weighted by Gasteiger charge is 2.05. The number of carboxylic acid groups (broad SMARTS) is 1. The summed E-state index contributed by atoms with van der Waals surface area (Å²) < 4.78 is 0. The summed E-state index contributed by atoms with van der Waals surface area (Å²) >= 11 is 0. The molecule has 1 saturated carbocycles. The van der Waals surface area contributed by atoms with E-state index in [1.54, 1.807) is 0 Å². The average Bonchev–Trinajstić information content (AvgIpc) is 2.20. The van der Waals surface area contributed by atoms with Crippen LogP contribution < -0.4 is 5.32 Å². The fourth-order valence-corrected chi connectivity index (χ4v) is 1.68. The third-order valence-electron chi connectivity index (χ3n) is 2.70. The molecular weight excluding hydrogens is 190 g/mol. The lowest BCUT2D eigenvalue weighted by atomic mass is 9.91. The van der Waals surface area contributed by atoms with Gasteiger partial charge in [0.15, 0.2) is 0 Å². The Morgan fingerprint density at radius 2 is 1.93 bits per heavy atom. The van der Waals surface area contributed by atoms with Gasteiger partial charge in [-0.05, 0) is 12.3 Å². The molecule has 1 amide bonds. The first-order chi connectivity index (χ1) is 7.16. The maximum atomic E-state index is 9.76. The highest BCUT2D eigenvalue weighted by Crippen LogP contribution is 2.22. The normalized spacial score (nSPS) is 16.4. The maximum Gasteiger partial charge on any atom is 0.404 e. The first kappa shape index (κ1) is 14.3. The highest BCUT2D eigenvalue weighted by molar-refractivity contribution is 5.64. The Morgan fingerprint density at radius 3 is 2.27 bits per heavy atom. The molecule has 15 heavy (non-hydrogen) atoms. The monoisotopic (exact) mass is 215 g/mol. The number of rotatable bonds is 3. The molecule has 1 aliphatic rings. The summed E-state index contributed by atoms with van der Waals surface area (Å²) in [4.78, 5) is 9.76. The molecule has 0 aromatic heterocycles. The average molecular weight is 215 g/mol. The van der Waals surface area contributed by atoms with Crippen molar-refractivity contribution in [1.82, 2.24) is 5.32 Å². The summed E-state index contributed by atoms with van der Waals surface area (Å²) in [6, 6.07) is 0. The van der Waals surface area contributed by atoms with E-state index in [4.69, 9.17) is 5.11 Å². The SMILES string of the molecule is CC1CCCCC1.CCCCNC(=O)O. The van der Waals surface area contributed by atoms with Gasteiger partial charge in [0.1, 0.15) is 0 Å². The molecule has 0 bridgehead atoms. The van der Waals surface area contributed by atoms with Crippen LogP contribution in [-0.4, -0.2) is 17.7 Å². The fraction of sp³-hybridized carbons (Fsp3) is 0.917. The van der Waals surface area contributed by atoms with E-state index in [-0.39, 0.29) is 0 Å².